The largest absolute Gasteiger partial charge is 0.468 e. The molecule has 0 aliphatic rings. The first-order valence-corrected chi connectivity index (χ1v) is 8.81. The number of nitrogens with one attached hydrogen (secondary N) is 2. The number of rotatable bonds is 2. The van der Waals surface area contributed by atoms with Gasteiger partial charge in [-0.1, -0.05) is 11.8 Å². The molecule has 0 fully saturated rings. The molecular formula is C18H16F2N6OS. The van der Waals surface area contributed by atoms with E-state index in [0.717, 1.165) is 0 Å². The van der Waals surface area contributed by atoms with Gasteiger partial charge < -0.3 is 4.74 Å². The second-order valence-electron chi connectivity index (χ2n) is 4.67. The number of hydrogen-bond donors (Lipinski definition) is 2. The van der Waals surface area contributed by atoms with Gasteiger partial charge >= 0.3 is 6.02 Å². The van der Waals surface area contributed by atoms with E-state index in [2.05, 4.69) is 20.6 Å². The van der Waals surface area contributed by atoms with Crippen molar-refractivity contribution in [3.8, 4) is 12.4 Å². The number of thioether (sulfide) groups is 1. The monoisotopic (exact) mass is 402 g/mol. The van der Waals surface area contributed by atoms with Gasteiger partial charge in [-0.15, -0.1) is 0 Å². The number of aliphatic imine (C=N–C) groups is 2. The average Bonchev–Trinajstić information content (AvgIpc) is 2.71. The number of benzene rings is 2. The molecule has 2 aromatic rings. The standard InChI is InChI=1S/C9H8FN3O.C9H8FN3S/c2*1-14-9(12-6-11)13-8-4-2-7(10)3-5-8/h2*2-5H,1H3,(H,12,13). The van der Waals surface area contributed by atoms with Crippen LogP contribution in [0.4, 0.5) is 20.2 Å². The van der Waals surface area contributed by atoms with Crippen molar-refractivity contribution in [3.05, 3.63) is 60.2 Å². The minimum atomic E-state index is -0.337. The van der Waals surface area contributed by atoms with E-state index in [0.29, 0.717) is 16.5 Å². The predicted octanol–water partition coefficient (Wildman–Crippen LogP) is 3.78. The molecule has 144 valence electrons. The van der Waals surface area contributed by atoms with Gasteiger partial charge in [0.2, 0.25) is 0 Å². The van der Waals surface area contributed by atoms with Crippen LogP contribution in [0.25, 0.3) is 0 Å². The lowest BCUT2D eigenvalue weighted by Gasteiger charge is -2.00. The lowest BCUT2D eigenvalue weighted by atomic mass is 10.3. The molecule has 0 amide bonds. The summed E-state index contributed by atoms with van der Waals surface area (Å²) in [6.45, 7) is 0. The molecule has 0 aliphatic heterocycles. The van der Waals surface area contributed by atoms with Crippen LogP contribution in [0, 0.1) is 34.5 Å². The molecule has 0 atom stereocenters. The van der Waals surface area contributed by atoms with Gasteiger partial charge in [0.05, 0.1) is 18.5 Å². The summed E-state index contributed by atoms with van der Waals surface area (Å²) in [5.41, 5.74) is 1.12. The van der Waals surface area contributed by atoms with Crippen LogP contribution in [-0.2, 0) is 4.74 Å². The molecule has 0 saturated heterocycles. The smallest absolute Gasteiger partial charge is 0.303 e. The summed E-state index contributed by atoms with van der Waals surface area (Å²) < 4.78 is 29.8. The van der Waals surface area contributed by atoms with Gasteiger partial charge in [-0.25, -0.2) is 19.1 Å². The Morgan fingerprint density at radius 3 is 1.75 bits per heavy atom. The van der Waals surface area contributed by atoms with Gasteiger partial charge in [0, 0.05) is 0 Å². The number of amidine groups is 2. The number of halogens is 2. The normalized spacial score (nSPS) is 10.6. The maximum atomic E-state index is 12.5. The molecule has 2 aromatic carbocycles. The highest BCUT2D eigenvalue weighted by atomic mass is 32.2. The lowest BCUT2D eigenvalue weighted by Crippen LogP contribution is -2.18. The Hall–Kier alpha value is -3.63. The van der Waals surface area contributed by atoms with Crippen molar-refractivity contribution in [2.45, 2.75) is 0 Å². The maximum absolute atomic E-state index is 12.5. The first-order valence-electron chi connectivity index (χ1n) is 7.59. The summed E-state index contributed by atoms with van der Waals surface area (Å²) in [6, 6.07) is 11.3. The number of methoxy groups -OCH3 is 1. The second-order valence-corrected chi connectivity index (χ2v) is 5.46. The van der Waals surface area contributed by atoms with Crippen LogP contribution in [0.1, 0.15) is 0 Å². The fourth-order valence-corrected chi connectivity index (χ4v) is 1.96. The van der Waals surface area contributed by atoms with Gasteiger partial charge in [-0.2, -0.15) is 15.5 Å². The average molecular weight is 402 g/mol. The minimum absolute atomic E-state index is 0.0686. The van der Waals surface area contributed by atoms with Crippen LogP contribution in [-0.4, -0.2) is 24.6 Å². The molecule has 0 saturated carbocycles. The first kappa shape index (κ1) is 22.4. The number of hydrogen-bond acceptors (Lipinski definition) is 6. The van der Waals surface area contributed by atoms with Crippen molar-refractivity contribution in [2.75, 3.05) is 13.4 Å². The van der Waals surface area contributed by atoms with Crippen LogP contribution in [0.3, 0.4) is 0 Å². The summed E-state index contributed by atoms with van der Waals surface area (Å²) >= 11 is 1.32. The van der Waals surface area contributed by atoms with Gasteiger partial charge in [0.1, 0.15) is 11.6 Å². The van der Waals surface area contributed by atoms with Crippen molar-refractivity contribution < 1.29 is 13.5 Å². The van der Waals surface area contributed by atoms with Gasteiger partial charge in [0.25, 0.3) is 0 Å². The van der Waals surface area contributed by atoms with E-state index in [9.17, 15) is 8.78 Å². The van der Waals surface area contributed by atoms with E-state index >= 15 is 0 Å². The third-order valence-corrected chi connectivity index (χ3v) is 3.41. The second kappa shape index (κ2) is 12.7. The maximum Gasteiger partial charge on any atom is 0.303 e. The molecule has 7 nitrogen and oxygen atoms in total. The van der Waals surface area contributed by atoms with Crippen molar-refractivity contribution in [1.82, 2.24) is 10.6 Å². The van der Waals surface area contributed by atoms with Gasteiger partial charge in [-0.3, -0.25) is 5.32 Å². The molecular weight excluding hydrogens is 386 g/mol. The number of ether oxygens (including phenoxy) is 1. The highest BCUT2D eigenvalue weighted by molar-refractivity contribution is 8.13. The lowest BCUT2D eigenvalue weighted by molar-refractivity contribution is 0.389. The Balaban J connectivity index is 0.000000280. The van der Waals surface area contributed by atoms with Crippen molar-refractivity contribution >= 4 is 34.3 Å². The molecule has 0 spiro atoms. The van der Waals surface area contributed by atoms with E-state index < -0.39 is 0 Å². The minimum Gasteiger partial charge on any atom is -0.468 e. The summed E-state index contributed by atoms with van der Waals surface area (Å²) in [5, 5.41) is 21.8. The Morgan fingerprint density at radius 1 is 0.893 bits per heavy atom. The summed E-state index contributed by atoms with van der Waals surface area (Å²) in [6.07, 6.45) is 5.24. The number of nitrogens with zero attached hydrogens (tertiary/aromatic N) is 4. The third-order valence-electron chi connectivity index (χ3n) is 2.83. The van der Waals surface area contributed by atoms with Crippen LogP contribution < -0.4 is 10.6 Å². The van der Waals surface area contributed by atoms with Crippen molar-refractivity contribution in [2.24, 2.45) is 9.98 Å². The Morgan fingerprint density at radius 2 is 1.36 bits per heavy atom. The zero-order valence-corrected chi connectivity index (χ0v) is 15.8. The van der Waals surface area contributed by atoms with Gasteiger partial charge in [0.15, 0.2) is 17.6 Å². The first-order chi connectivity index (χ1) is 13.5. The number of nitriles is 2. The predicted molar refractivity (Wildman–Crippen MR) is 105 cm³/mol. The quantitative estimate of drug-likeness (QED) is 0.343. The zero-order valence-electron chi connectivity index (χ0n) is 15.0. The highest BCUT2D eigenvalue weighted by Gasteiger charge is 1.97. The Kier molecular flexibility index (Phi) is 10.1. The Labute approximate surface area is 165 Å². The van der Waals surface area contributed by atoms with Crippen molar-refractivity contribution in [3.63, 3.8) is 0 Å². The van der Waals surface area contributed by atoms with E-state index in [1.807, 2.05) is 0 Å². The van der Waals surface area contributed by atoms with Gasteiger partial charge in [-0.05, 0) is 54.8 Å². The van der Waals surface area contributed by atoms with Crippen LogP contribution in [0.2, 0.25) is 0 Å². The zero-order chi connectivity index (χ0) is 20.8. The fraction of sp³-hybridized carbons (Fsp3) is 0.111. The topological polar surface area (TPSA) is 106 Å². The molecule has 2 N–H and O–H groups in total. The van der Waals surface area contributed by atoms with Crippen LogP contribution in [0.15, 0.2) is 58.5 Å². The Bertz CT molecular complexity index is 811. The SMILES string of the molecule is COC(=Nc1ccc(F)cc1)NC#N.CSC(=Nc1ccc(F)cc1)NC#N. The van der Waals surface area contributed by atoms with Crippen LogP contribution in [0.5, 0.6) is 0 Å². The summed E-state index contributed by atoms with van der Waals surface area (Å²) in [4.78, 5) is 7.99. The molecule has 0 aromatic heterocycles. The molecule has 0 bridgehead atoms. The third kappa shape index (κ3) is 8.65. The molecule has 0 aliphatic carbocycles. The molecule has 0 heterocycles. The molecule has 0 radical (unpaired) electrons. The molecule has 10 heteroatoms. The van der Waals surface area contributed by atoms with E-state index in [1.165, 1.54) is 55.3 Å². The van der Waals surface area contributed by atoms with E-state index in [-0.39, 0.29) is 17.7 Å². The van der Waals surface area contributed by atoms with Crippen molar-refractivity contribution in [1.29, 1.82) is 10.5 Å². The summed E-state index contributed by atoms with van der Waals surface area (Å²) in [7, 11) is 1.38. The van der Waals surface area contributed by atoms with E-state index in [4.69, 9.17) is 15.3 Å². The molecule has 28 heavy (non-hydrogen) atoms. The molecule has 2 rings (SSSR count). The summed E-state index contributed by atoms with van der Waals surface area (Å²) in [5.74, 6) is -0.640. The molecule has 0 unspecified atom stereocenters. The highest BCUT2D eigenvalue weighted by Crippen LogP contribution is 2.14. The van der Waals surface area contributed by atoms with E-state index in [1.54, 1.807) is 30.8 Å². The fourth-order valence-electron chi connectivity index (χ4n) is 1.61. The van der Waals surface area contributed by atoms with Crippen LogP contribution >= 0.6 is 11.8 Å².